The van der Waals surface area contributed by atoms with Crippen molar-refractivity contribution in [2.75, 3.05) is 25.1 Å². The van der Waals surface area contributed by atoms with Gasteiger partial charge in [-0.15, -0.1) is 0 Å². The molecule has 0 saturated carbocycles. The number of aryl methyl sites for hydroxylation is 1. The number of benzene rings is 1. The van der Waals surface area contributed by atoms with Gasteiger partial charge in [-0.3, -0.25) is 9.78 Å². The highest BCUT2D eigenvalue weighted by Gasteiger charge is 2.34. The van der Waals surface area contributed by atoms with Crippen LogP contribution in [0.15, 0.2) is 54.0 Å². The third-order valence-corrected chi connectivity index (χ3v) is 7.87. The smallest absolute Gasteiger partial charge is 0.355 e. The average molecular weight is 589 g/mol. The predicted molar refractivity (Wildman–Crippen MR) is 162 cm³/mol. The predicted octanol–water partition coefficient (Wildman–Crippen LogP) is 5.17. The molecule has 3 aromatic heterocycles. The number of methoxy groups -OCH3 is 1. The molecule has 9 nitrogen and oxygen atoms in total. The summed E-state index contributed by atoms with van der Waals surface area (Å²) in [5.74, 6) is -1.19. The monoisotopic (exact) mass is 588 g/mol. The van der Waals surface area contributed by atoms with Crippen LogP contribution in [0.3, 0.4) is 0 Å². The van der Waals surface area contributed by atoms with Gasteiger partial charge < -0.3 is 14.5 Å². The second kappa shape index (κ2) is 11.5. The zero-order valence-corrected chi connectivity index (χ0v) is 25.1. The van der Waals surface area contributed by atoms with E-state index < -0.39 is 17.3 Å². The Morgan fingerprint density at radius 2 is 1.84 bits per heavy atom. The van der Waals surface area contributed by atoms with Crippen molar-refractivity contribution >= 4 is 22.8 Å². The van der Waals surface area contributed by atoms with Crippen LogP contribution in [0.2, 0.25) is 0 Å². The molecule has 0 bridgehead atoms. The van der Waals surface area contributed by atoms with Gasteiger partial charge in [0.15, 0.2) is 5.65 Å². The van der Waals surface area contributed by atoms with Gasteiger partial charge in [0.05, 0.1) is 23.9 Å². The summed E-state index contributed by atoms with van der Waals surface area (Å²) < 4.78 is 37.7. The van der Waals surface area contributed by atoms with Gasteiger partial charge in [-0.25, -0.2) is 23.1 Å². The summed E-state index contributed by atoms with van der Waals surface area (Å²) in [6, 6.07) is 6.50. The van der Waals surface area contributed by atoms with Crippen LogP contribution in [0.4, 0.5) is 14.6 Å². The van der Waals surface area contributed by atoms with Gasteiger partial charge in [-0.1, -0.05) is 20.4 Å². The first-order valence-corrected chi connectivity index (χ1v) is 14.1. The van der Waals surface area contributed by atoms with Crippen molar-refractivity contribution in [2.24, 2.45) is 0 Å². The number of carbonyl (C=O) groups is 1. The van der Waals surface area contributed by atoms with Crippen molar-refractivity contribution in [2.45, 2.75) is 52.6 Å². The Balaban J connectivity index is 1.84. The molecule has 4 aromatic rings. The minimum absolute atomic E-state index is 0.0661. The van der Waals surface area contributed by atoms with Crippen LogP contribution < -0.4 is 15.3 Å². The molecular formula is C32H34F2N6O3. The lowest BCUT2D eigenvalue weighted by Crippen LogP contribution is -2.58. The number of hydrogen-bond donors (Lipinski definition) is 0. The minimum Gasteiger partial charge on any atom is -0.497 e. The first kappa shape index (κ1) is 29.8. The molecule has 2 atom stereocenters. The van der Waals surface area contributed by atoms with E-state index in [-0.39, 0.29) is 52.0 Å². The fourth-order valence-corrected chi connectivity index (χ4v) is 5.66. The Morgan fingerprint density at radius 3 is 2.51 bits per heavy atom. The van der Waals surface area contributed by atoms with Gasteiger partial charge in [0.2, 0.25) is 5.91 Å². The lowest BCUT2D eigenvalue weighted by Gasteiger charge is -2.44. The van der Waals surface area contributed by atoms with Crippen LogP contribution in [0.25, 0.3) is 28.0 Å². The second-order valence-electron chi connectivity index (χ2n) is 11.2. The lowest BCUT2D eigenvalue weighted by atomic mass is 10.0. The van der Waals surface area contributed by atoms with Crippen LogP contribution in [-0.4, -0.2) is 62.6 Å². The van der Waals surface area contributed by atoms with E-state index in [2.05, 4.69) is 21.5 Å². The SMILES string of the molecule is C=CC(=O)N1C[C@H](C)N(c2nc(=O)n(-c3c(C)ccnc3C(C)C)c3nc(-c4cc(OC)ccc4F)c(F)cc23)C[C@H]1C. The van der Waals surface area contributed by atoms with Crippen molar-refractivity contribution in [1.29, 1.82) is 0 Å². The maximum atomic E-state index is 16.0. The van der Waals surface area contributed by atoms with Gasteiger partial charge in [-0.05, 0) is 68.7 Å². The fraction of sp³-hybridized carbons (Fsp3) is 0.344. The molecule has 1 aliphatic rings. The molecule has 0 unspecified atom stereocenters. The molecule has 0 N–H and O–H groups in total. The van der Waals surface area contributed by atoms with Crippen LogP contribution in [-0.2, 0) is 4.79 Å². The number of aromatic nitrogens is 4. The zero-order chi connectivity index (χ0) is 31.2. The molecule has 11 heteroatoms. The highest BCUT2D eigenvalue weighted by atomic mass is 19.1. The summed E-state index contributed by atoms with van der Waals surface area (Å²) in [5.41, 5.74) is 0.959. The number of piperazine rings is 1. The van der Waals surface area contributed by atoms with E-state index in [9.17, 15) is 9.59 Å². The molecule has 1 aliphatic heterocycles. The van der Waals surface area contributed by atoms with Crippen molar-refractivity contribution < 1.29 is 18.3 Å². The quantitative estimate of drug-likeness (QED) is 0.287. The summed E-state index contributed by atoms with van der Waals surface area (Å²) in [7, 11) is 1.43. The van der Waals surface area contributed by atoms with Gasteiger partial charge in [0.25, 0.3) is 0 Å². The Bertz CT molecular complexity index is 1800. The standard InChI is InChI=1S/C32H34F2N6O3/c1-8-26(41)38-15-20(6)39(16-19(38)5)30-23-14-25(34)28(22-13-21(43-7)9-10-24(22)33)36-31(23)40(32(42)37-30)29-18(4)11-12-35-27(29)17(2)3/h8-14,17,19-20H,1,15-16H2,2-7H3/t19-,20+/m1/s1. The number of amides is 1. The number of carbonyl (C=O) groups excluding carboxylic acids is 1. The molecule has 43 heavy (non-hydrogen) atoms. The maximum Gasteiger partial charge on any atom is 0.355 e. The Labute approximate surface area is 248 Å². The summed E-state index contributed by atoms with van der Waals surface area (Å²) in [6.45, 7) is 13.8. The number of rotatable bonds is 6. The van der Waals surface area contributed by atoms with E-state index in [1.165, 1.54) is 42.0 Å². The number of ether oxygens (including phenoxy) is 1. The molecule has 0 radical (unpaired) electrons. The highest BCUT2D eigenvalue weighted by Crippen LogP contribution is 2.35. The molecule has 0 aliphatic carbocycles. The first-order chi connectivity index (χ1) is 20.5. The summed E-state index contributed by atoms with van der Waals surface area (Å²) in [4.78, 5) is 43.7. The second-order valence-corrected chi connectivity index (χ2v) is 11.2. The molecule has 1 saturated heterocycles. The van der Waals surface area contributed by atoms with Crippen molar-refractivity contribution in [3.05, 3.63) is 82.6 Å². The van der Waals surface area contributed by atoms with Crippen LogP contribution >= 0.6 is 0 Å². The molecule has 1 aromatic carbocycles. The zero-order valence-electron chi connectivity index (χ0n) is 25.1. The van der Waals surface area contributed by atoms with E-state index in [1.807, 2.05) is 39.5 Å². The molecule has 224 valence electrons. The van der Waals surface area contributed by atoms with E-state index in [0.717, 1.165) is 5.56 Å². The molecule has 1 fully saturated rings. The number of hydrogen-bond acceptors (Lipinski definition) is 7. The molecule has 4 heterocycles. The first-order valence-electron chi connectivity index (χ1n) is 14.1. The van der Waals surface area contributed by atoms with Gasteiger partial charge >= 0.3 is 5.69 Å². The van der Waals surface area contributed by atoms with Gasteiger partial charge in [0, 0.05) is 36.9 Å². The van der Waals surface area contributed by atoms with Crippen LogP contribution in [0, 0.1) is 18.6 Å². The molecule has 0 spiro atoms. The molecule has 1 amide bonds. The average Bonchev–Trinajstić information content (AvgIpc) is 2.98. The topological polar surface area (TPSA) is 93.5 Å². The Morgan fingerprint density at radius 1 is 1.09 bits per heavy atom. The third kappa shape index (κ3) is 5.24. The number of pyridine rings is 2. The van der Waals surface area contributed by atoms with E-state index >= 15 is 8.78 Å². The van der Waals surface area contributed by atoms with Crippen molar-refractivity contribution in [1.82, 2.24) is 24.4 Å². The number of anilines is 1. The minimum atomic E-state index is -0.791. The van der Waals surface area contributed by atoms with Crippen LogP contribution in [0.5, 0.6) is 5.75 Å². The van der Waals surface area contributed by atoms with E-state index in [4.69, 9.17) is 4.74 Å². The maximum absolute atomic E-state index is 16.0. The summed E-state index contributed by atoms with van der Waals surface area (Å²) in [6.07, 6.45) is 2.94. The van der Waals surface area contributed by atoms with E-state index in [1.54, 1.807) is 17.2 Å². The van der Waals surface area contributed by atoms with Gasteiger partial charge in [0.1, 0.15) is 28.9 Å². The molecule has 5 rings (SSSR count). The largest absolute Gasteiger partial charge is 0.497 e. The van der Waals surface area contributed by atoms with Crippen LogP contribution in [0.1, 0.15) is 44.9 Å². The lowest BCUT2D eigenvalue weighted by molar-refractivity contribution is -0.128. The molecular weight excluding hydrogens is 554 g/mol. The van der Waals surface area contributed by atoms with Crippen molar-refractivity contribution in [3.63, 3.8) is 0 Å². The summed E-state index contributed by atoms with van der Waals surface area (Å²) >= 11 is 0. The van der Waals surface area contributed by atoms with E-state index in [0.29, 0.717) is 30.2 Å². The Kier molecular flexibility index (Phi) is 8.00. The van der Waals surface area contributed by atoms with Crippen molar-refractivity contribution in [3.8, 4) is 22.7 Å². The number of halogens is 2. The highest BCUT2D eigenvalue weighted by molar-refractivity contribution is 5.91. The fourth-order valence-electron chi connectivity index (χ4n) is 5.66. The van der Waals surface area contributed by atoms with Gasteiger partial charge in [-0.2, -0.15) is 4.98 Å². The third-order valence-electron chi connectivity index (χ3n) is 7.87. The number of fused-ring (bicyclic) bond motifs is 1. The normalized spacial score (nSPS) is 17.0. The summed E-state index contributed by atoms with van der Waals surface area (Å²) in [5, 5.41) is 0.268. The Hall–Kier alpha value is -4.67. The number of nitrogens with zero attached hydrogens (tertiary/aromatic N) is 6.